The SMILES string of the molecule is N#Cc1ccc(Oc2ccc([N+](=O)[O-])cc2)c([N+](=O)[O-])c1. The largest absolute Gasteiger partial charge is 0.450 e. The van der Waals surface area contributed by atoms with Gasteiger partial charge in [-0.25, -0.2) is 0 Å². The maximum Gasteiger partial charge on any atom is 0.312 e. The number of hydrogen-bond donors (Lipinski definition) is 0. The van der Waals surface area contributed by atoms with E-state index in [2.05, 4.69) is 0 Å². The standard InChI is InChI=1S/C13H7N3O5/c14-8-9-1-6-13(12(7-9)16(19)20)21-11-4-2-10(3-5-11)15(17)18/h1-7H. The minimum atomic E-state index is -0.665. The van der Waals surface area contributed by atoms with Gasteiger partial charge in [0.15, 0.2) is 0 Å². The van der Waals surface area contributed by atoms with Gasteiger partial charge >= 0.3 is 5.69 Å². The highest BCUT2D eigenvalue weighted by atomic mass is 16.6. The Hall–Kier alpha value is -3.47. The van der Waals surface area contributed by atoms with E-state index in [0.29, 0.717) is 0 Å². The summed E-state index contributed by atoms with van der Waals surface area (Å²) in [7, 11) is 0. The molecule has 0 unspecified atom stereocenters. The first-order chi connectivity index (χ1) is 10.0. The molecule has 0 amide bonds. The fraction of sp³-hybridized carbons (Fsp3) is 0. The molecule has 2 aromatic rings. The van der Waals surface area contributed by atoms with Crippen LogP contribution in [0.3, 0.4) is 0 Å². The molecule has 0 N–H and O–H groups in total. The highest BCUT2D eigenvalue weighted by molar-refractivity contribution is 5.53. The van der Waals surface area contributed by atoms with Crippen molar-refractivity contribution >= 4 is 11.4 Å². The van der Waals surface area contributed by atoms with Gasteiger partial charge in [0.2, 0.25) is 5.75 Å². The molecule has 8 heteroatoms. The number of hydrogen-bond acceptors (Lipinski definition) is 6. The molecule has 0 fully saturated rings. The summed E-state index contributed by atoms with van der Waals surface area (Å²) < 4.78 is 5.33. The molecular weight excluding hydrogens is 278 g/mol. The van der Waals surface area contributed by atoms with Gasteiger partial charge in [-0.15, -0.1) is 0 Å². The number of nitrogens with zero attached hydrogens (tertiary/aromatic N) is 3. The summed E-state index contributed by atoms with van der Waals surface area (Å²) in [6.45, 7) is 0. The van der Waals surface area contributed by atoms with Crippen LogP contribution in [0.4, 0.5) is 11.4 Å². The Labute approximate surface area is 118 Å². The molecule has 8 nitrogen and oxygen atoms in total. The first kappa shape index (κ1) is 14.0. The van der Waals surface area contributed by atoms with Crippen molar-refractivity contribution in [2.75, 3.05) is 0 Å². The third-order valence-electron chi connectivity index (χ3n) is 2.56. The second-order valence-electron chi connectivity index (χ2n) is 3.90. The minimum absolute atomic E-state index is 0.0483. The van der Waals surface area contributed by atoms with E-state index in [0.717, 1.165) is 6.07 Å². The van der Waals surface area contributed by atoms with Gasteiger partial charge < -0.3 is 4.74 Å². The van der Waals surface area contributed by atoms with Crippen LogP contribution < -0.4 is 4.74 Å². The number of nitro groups is 2. The highest BCUT2D eigenvalue weighted by Crippen LogP contribution is 2.32. The average molecular weight is 285 g/mol. The third-order valence-corrected chi connectivity index (χ3v) is 2.56. The summed E-state index contributed by atoms with van der Waals surface area (Å²) in [5, 5.41) is 30.2. The Bertz CT molecular complexity index is 749. The summed E-state index contributed by atoms with van der Waals surface area (Å²) in [5.41, 5.74) is -0.332. The molecular formula is C13H7N3O5. The summed E-state index contributed by atoms with van der Waals surface area (Å²) >= 11 is 0. The van der Waals surface area contributed by atoms with E-state index < -0.39 is 9.85 Å². The van der Waals surface area contributed by atoms with E-state index in [1.807, 2.05) is 0 Å². The van der Waals surface area contributed by atoms with E-state index in [1.54, 1.807) is 6.07 Å². The van der Waals surface area contributed by atoms with Crippen LogP contribution in [-0.4, -0.2) is 9.85 Å². The molecule has 0 radical (unpaired) electrons. The zero-order valence-corrected chi connectivity index (χ0v) is 10.4. The lowest BCUT2D eigenvalue weighted by molar-refractivity contribution is -0.385. The normalized spacial score (nSPS) is 9.67. The average Bonchev–Trinajstić information content (AvgIpc) is 2.48. The number of benzene rings is 2. The monoisotopic (exact) mass is 285 g/mol. The van der Waals surface area contributed by atoms with Crippen molar-refractivity contribution in [1.82, 2.24) is 0 Å². The molecule has 0 aromatic heterocycles. The maximum absolute atomic E-state index is 11.0. The fourth-order valence-corrected chi connectivity index (χ4v) is 1.58. The molecule has 0 aliphatic heterocycles. The van der Waals surface area contributed by atoms with Crippen molar-refractivity contribution in [2.45, 2.75) is 0 Å². The molecule has 0 aliphatic carbocycles. The van der Waals surface area contributed by atoms with Crippen molar-refractivity contribution in [1.29, 1.82) is 5.26 Å². The van der Waals surface area contributed by atoms with Gasteiger partial charge in [0.1, 0.15) is 5.75 Å². The first-order valence-electron chi connectivity index (χ1n) is 5.62. The van der Waals surface area contributed by atoms with E-state index >= 15 is 0 Å². The van der Waals surface area contributed by atoms with Crippen LogP contribution in [0.2, 0.25) is 0 Å². The van der Waals surface area contributed by atoms with E-state index in [1.165, 1.54) is 36.4 Å². The van der Waals surface area contributed by atoms with Gasteiger partial charge in [-0.05, 0) is 24.3 Å². The number of rotatable bonds is 4. The van der Waals surface area contributed by atoms with E-state index in [4.69, 9.17) is 10.00 Å². The van der Waals surface area contributed by atoms with Crippen molar-refractivity contribution < 1.29 is 14.6 Å². The number of nitro benzene ring substituents is 2. The van der Waals surface area contributed by atoms with Gasteiger partial charge in [-0.1, -0.05) is 0 Å². The van der Waals surface area contributed by atoms with Crippen LogP contribution in [0.1, 0.15) is 5.56 Å². The van der Waals surface area contributed by atoms with Gasteiger partial charge in [0.05, 0.1) is 21.5 Å². The molecule has 0 saturated heterocycles. The third kappa shape index (κ3) is 3.10. The zero-order valence-electron chi connectivity index (χ0n) is 10.4. The molecule has 21 heavy (non-hydrogen) atoms. The summed E-state index contributed by atoms with van der Waals surface area (Å²) in [6, 6.07) is 10.7. The van der Waals surface area contributed by atoms with Crippen LogP contribution in [0.15, 0.2) is 42.5 Å². The quantitative estimate of drug-likeness (QED) is 0.628. The van der Waals surface area contributed by atoms with Crippen LogP contribution in [0, 0.1) is 31.6 Å². The Morgan fingerprint density at radius 1 is 1.00 bits per heavy atom. The van der Waals surface area contributed by atoms with E-state index in [-0.39, 0.29) is 28.4 Å². The van der Waals surface area contributed by atoms with Crippen LogP contribution in [0.5, 0.6) is 11.5 Å². The fourth-order valence-electron chi connectivity index (χ4n) is 1.58. The molecule has 0 heterocycles. The Balaban J connectivity index is 2.33. The van der Waals surface area contributed by atoms with E-state index in [9.17, 15) is 20.2 Å². The number of nitriles is 1. The van der Waals surface area contributed by atoms with Crippen molar-refractivity contribution in [2.24, 2.45) is 0 Å². The lowest BCUT2D eigenvalue weighted by Crippen LogP contribution is -1.94. The molecule has 2 rings (SSSR count). The van der Waals surface area contributed by atoms with Crippen LogP contribution in [-0.2, 0) is 0 Å². The van der Waals surface area contributed by atoms with Crippen LogP contribution in [0.25, 0.3) is 0 Å². The molecule has 0 bridgehead atoms. The molecule has 0 saturated carbocycles. The molecule has 0 aliphatic rings. The Kier molecular flexibility index (Phi) is 3.76. The topological polar surface area (TPSA) is 119 Å². The second kappa shape index (κ2) is 5.66. The zero-order chi connectivity index (χ0) is 15.4. The van der Waals surface area contributed by atoms with Crippen molar-refractivity contribution in [3.8, 4) is 17.6 Å². The lowest BCUT2D eigenvalue weighted by atomic mass is 10.2. The molecule has 0 spiro atoms. The van der Waals surface area contributed by atoms with Gasteiger partial charge in [0.25, 0.3) is 5.69 Å². The highest BCUT2D eigenvalue weighted by Gasteiger charge is 2.17. The predicted octanol–water partition coefficient (Wildman–Crippen LogP) is 3.17. The number of ether oxygens (including phenoxy) is 1. The smallest absolute Gasteiger partial charge is 0.312 e. The first-order valence-corrected chi connectivity index (χ1v) is 5.62. The molecule has 2 aromatic carbocycles. The predicted molar refractivity (Wildman–Crippen MR) is 71.0 cm³/mol. The van der Waals surface area contributed by atoms with Crippen LogP contribution >= 0.6 is 0 Å². The molecule has 104 valence electrons. The summed E-state index contributed by atoms with van der Waals surface area (Å²) in [6.07, 6.45) is 0. The lowest BCUT2D eigenvalue weighted by Gasteiger charge is -2.06. The molecule has 0 atom stereocenters. The van der Waals surface area contributed by atoms with Crippen molar-refractivity contribution in [3.05, 3.63) is 68.3 Å². The summed E-state index contributed by atoms with van der Waals surface area (Å²) in [4.78, 5) is 20.3. The Morgan fingerprint density at radius 2 is 1.67 bits per heavy atom. The second-order valence-corrected chi connectivity index (χ2v) is 3.90. The van der Waals surface area contributed by atoms with Gasteiger partial charge in [-0.2, -0.15) is 5.26 Å². The summed E-state index contributed by atoms with van der Waals surface area (Å²) in [5.74, 6) is 0.168. The number of non-ortho nitro benzene ring substituents is 1. The minimum Gasteiger partial charge on any atom is -0.450 e. The Morgan fingerprint density at radius 3 is 2.19 bits per heavy atom. The van der Waals surface area contributed by atoms with Gasteiger partial charge in [0, 0.05) is 18.2 Å². The van der Waals surface area contributed by atoms with Crippen molar-refractivity contribution in [3.63, 3.8) is 0 Å². The van der Waals surface area contributed by atoms with Gasteiger partial charge in [-0.3, -0.25) is 20.2 Å². The maximum atomic E-state index is 11.0.